The molecule has 208 valence electrons. The average Bonchev–Trinajstić information content (AvgIpc) is 2.90. The van der Waals surface area contributed by atoms with Gasteiger partial charge in [-0.15, -0.1) is 0 Å². The van der Waals surface area contributed by atoms with Crippen molar-refractivity contribution in [2.24, 2.45) is 0 Å². The highest BCUT2D eigenvalue weighted by atomic mass is 35.5. The highest BCUT2D eigenvalue weighted by molar-refractivity contribution is 7.92. The molecular weight excluding hydrogens is 534 g/mol. The van der Waals surface area contributed by atoms with Crippen molar-refractivity contribution in [3.63, 3.8) is 0 Å². The van der Waals surface area contributed by atoms with E-state index in [1.807, 2.05) is 45.0 Å². The Bertz CT molecular complexity index is 1420. The number of sulfonamides is 1. The first-order chi connectivity index (χ1) is 18.4. The summed E-state index contributed by atoms with van der Waals surface area (Å²) in [4.78, 5) is 28.4. The van der Waals surface area contributed by atoms with Crippen molar-refractivity contribution in [3.05, 3.63) is 94.0 Å². The Balaban J connectivity index is 2.06. The molecule has 0 aliphatic carbocycles. The molecule has 1 atom stereocenters. The number of hydrogen-bond donors (Lipinski definition) is 1. The molecule has 0 unspecified atom stereocenters. The first-order valence-electron chi connectivity index (χ1n) is 12.9. The number of carbonyl (C=O) groups is 2. The summed E-state index contributed by atoms with van der Waals surface area (Å²) in [7, 11) is -4.15. The molecule has 39 heavy (non-hydrogen) atoms. The largest absolute Gasteiger partial charge is 0.354 e. The topological polar surface area (TPSA) is 86.8 Å². The maximum atomic E-state index is 14.0. The standard InChI is InChI=1S/C30H36ClN3O4S/c1-6-17-32-30(36)24(5)33(19-25-10-7-9-22(3)18-25)29(35)20-34(28-12-8-11-27(31)23(28)4)39(37,38)26-15-13-21(2)14-16-26/h7-16,18,24H,6,17,19-20H2,1-5H3,(H,32,36)/t24-/m1/s1. The van der Waals surface area contributed by atoms with Gasteiger partial charge in [0.25, 0.3) is 10.0 Å². The van der Waals surface area contributed by atoms with Crippen LogP contribution in [0.25, 0.3) is 0 Å². The van der Waals surface area contributed by atoms with Crippen molar-refractivity contribution < 1.29 is 18.0 Å². The second kappa shape index (κ2) is 13.1. The van der Waals surface area contributed by atoms with E-state index in [0.29, 0.717) is 22.8 Å². The Kier molecular flexibility index (Phi) is 10.2. The number of benzene rings is 3. The maximum Gasteiger partial charge on any atom is 0.264 e. The van der Waals surface area contributed by atoms with E-state index in [0.717, 1.165) is 27.4 Å². The van der Waals surface area contributed by atoms with Gasteiger partial charge in [0, 0.05) is 18.1 Å². The number of rotatable bonds is 11. The number of carbonyl (C=O) groups excluding carboxylic acids is 2. The van der Waals surface area contributed by atoms with Crippen LogP contribution in [0.5, 0.6) is 0 Å². The summed E-state index contributed by atoms with van der Waals surface area (Å²) < 4.78 is 29.0. The van der Waals surface area contributed by atoms with Crippen LogP contribution in [-0.4, -0.2) is 44.3 Å². The van der Waals surface area contributed by atoms with Crippen LogP contribution in [0.2, 0.25) is 5.02 Å². The van der Waals surface area contributed by atoms with Gasteiger partial charge in [0.1, 0.15) is 12.6 Å². The van der Waals surface area contributed by atoms with E-state index in [9.17, 15) is 18.0 Å². The molecule has 1 N–H and O–H groups in total. The van der Waals surface area contributed by atoms with Crippen LogP contribution in [0, 0.1) is 20.8 Å². The number of nitrogens with zero attached hydrogens (tertiary/aromatic N) is 2. The highest BCUT2D eigenvalue weighted by Gasteiger charge is 2.33. The zero-order valence-corrected chi connectivity index (χ0v) is 24.6. The van der Waals surface area contributed by atoms with Gasteiger partial charge in [0.2, 0.25) is 11.8 Å². The fourth-order valence-corrected chi connectivity index (χ4v) is 5.84. The summed E-state index contributed by atoms with van der Waals surface area (Å²) in [5.74, 6) is -0.810. The fourth-order valence-electron chi connectivity index (χ4n) is 4.20. The molecule has 0 heterocycles. The molecule has 0 spiro atoms. The molecule has 0 aromatic heterocycles. The zero-order chi connectivity index (χ0) is 28.7. The van der Waals surface area contributed by atoms with E-state index in [2.05, 4.69) is 5.32 Å². The van der Waals surface area contributed by atoms with Gasteiger partial charge in [-0.1, -0.05) is 72.1 Å². The molecule has 3 rings (SSSR count). The molecule has 0 saturated carbocycles. The number of halogens is 1. The fraction of sp³-hybridized carbons (Fsp3) is 0.333. The minimum Gasteiger partial charge on any atom is -0.354 e. The van der Waals surface area contributed by atoms with E-state index >= 15 is 0 Å². The molecule has 0 radical (unpaired) electrons. The zero-order valence-electron chi connectivity index (χ0n) is 23.1. The lowest BCUT2D eigenvalue weighted by molar-refractivity contribution is -0.139. The molecule has 0 aliphatic rings. The van der Waals surface area contributed by atoms with Crippen molar-refractivity contribution in [2.75, 3.05) is 17.4 Å². The Labute approximate surface area is 236 Å². The van der Waals surface area contributed by atoms with Crippen LogP contribution < -0.4 is 9.62 Å². The normalized spacial score (nSPS) is 12.1. The van der Waals surface area contributed by atoms with Crippen LogP contribution >= 0.6 is 11.6 Å². The Morgan fingerprint density at radius 1 is 0.949 bits per heavy atom. The van der Waals surface area contributed by atoms with Gasteiger partial charge >= 0.3 is 0 Å². The van der Waals surface area contributed by atoms with Gasteiger partial charge in [-0.25, -0.2) is 8.42 Å². The predicted molar refractivity (Wildman–Crippen MR) is 156 cm³/mol. The third-order valence-electron chi connectivity index (χ3n) is 6.55. The Morgan fingerprint density at radius 2 is 1.62 bits per heavy atom. The lowest BCUT2D eigenvalue weighted by Gasteiger charge is -2.32. The molecule has 9 heteroatoms. The summed E-state index contributed by atoms with van der Waals surface area (Å²) in [6.45, 7) is 9.25. The molecule has 0 aliphatic heterocycles. The molecule has 3 aromatic rings. The molecule has 0 fully saturated rings. The monoisotopic (exact) mass is 569 g/mol. The Morgan fingerprint density at radius 3 is 2.26 bits per heavy atom. The van der Waals surface area contributed by atoms with Gasteiger partial charge in [0.05, 0.1) is 10.6 Å². The van der Waals surface area contributed by atoms with E-state index in [4.69, 9.17) is 11.6 Å². The van der Waals surface area contributed by atoms with E-state index in [-0.39, 0.29) is 17.3 Å². The summed E-state index contributed by atoms with van der Waals surface area (Å²) in [6.07, 6.45) is 0.751. The van der Waals surface area contributed by atoms with E-state index in [1.165, 1.54) is 17.0 Å². The summed E-state index contributed by atoms with van der Waals surface area (Å²) in [5, 5.41) is 3.23. The molecule has 0 saturated heterocycles. The van der Waals surface area contributed by atoms with Crippen LogP contribution in [-0.2, 0) is 26.2 Å². The van der Waals surface area contributed by atoms with E-state index < -0.39 is 28.5 Å². The quantitative estimate of drug-likeness (QED) is 0.335. The summed E-state index contributed by atoms with van der Waals surface area (Å²) in [6, 6.07) is 18.2. The van der Waals surface area contributed by atoms with Crippen LogP contribution in [0.3, 0.4) is 0 Å². The molecule has 3 aromatic carbocycles. The van der Waals surface area contributed by atoms with Gasteiger partial charge < -0.3 is 10.2 Å². The summed E-state index contributed by atoms with van der Waals surface area (Å²) in [5.41, 5.74) is 3.59. The third-order valence-corrected chi connectivity index (χ3v) is 8.73. The van der Waals surface area contributed by atoms with Crippen LogP contribution in [0.1, 0.15) is 42.5 Å². The van der Waals surface area contributed by atoms with Gasteiger partial charge in [-0.05, 0) is 69.5 Å². The van der Waals surface area contributed by atoms with Crippen LogP contribution in [0.15, 0.2) is 71.6 Å². The predicted octanol–water partition coefficient (Wildman–Crippen LogP) is 5.40. The van der Waals surface area contributed by atoms with Gasteiger partial charge in [-0.2, -0.15) is 0 Å². The molecule has 7 nitrogen and oxygen atoms in total. The minimum atomic E-state index is -4.15. The van der Waals surface area contributed by atoms with Gasteiger partial charge in [-0.3, -0.25) is 13.9 Å². The highest BCUT2D eigenvalue weighted by Crippen LogP contribution is 2.31. The maximum absolute atomic E-state index is 14.0. The molecular formula is C30H36ClN3O4S. The minimum absolute atomic E-state index is 0.0549. The third kappa shape index (κ3) is 7.40. The number of hydrogen-bond acceptors (Lipinski definition) is 4. The first kappa shape index (κ1) is 30.2. The number of nitrogens with one attached hydrogen (secondary N) is 1. The average molecular weight is 570 g/mol. The van der Waals surface area contributed by atoms with Crippen molar-refractivity contribution in [3.8, 4) is 0 Å². The first-order valence-corrected chi connectivity index (χ1v) is 14.7. The number of anilines is 1. The second-order valence-corrected chi connectivity index (χ2v) is 12.0. The number of aryl methyl sites for hydroxylation is 2. The SMILES string of the molecule is CCCNC(=O)[C@@H](C)N(Cc1cccc(C)c1)C(=O)CN(c1cccc(Cl)c1C)S(=O)(=O)c1ccc(C)cc1. The van der Waals surface area contributed by atoms with Gasteiger partial charge in [0.15, 0.2) is 0 Å². The smallest absolute Gasteiger partial charge is 0.264 e. The lowest BCUT2D eigenvalue weighted by Crippen LogP contribution is -2.51. The lowest BCUT2D eigenvalue weighted by atomic mass is 10.1. The second-order valence-electron chi connectivity index (χ2n) is 9.69. The summed E-state index contributed by atoms with van der Waals surface area (Å²) >= 11 is 6.37. The number of amides is 2. The van der Waals surface area contributed by atoms with E-state index in [1.54, 1.807) is 44.2 Å². The van der Waals surface area contributed by atoms with Crippen molar-refractivity contribution in [1.82, 2.24) is 10.2 Å². The molecule has 0 bridgehead atoms. The van der Waals surface area contributed by atoms with Crippen LogP contribution in [0.4, 0.5) is 5.69 Å². The van der Waals surface area contributed by atoms with Crippen molar-refractivity contribution in [1.29, 1.82) is 0 Å². The van der Waals surface area contributed by atoms with Crippen molar-refractivity contribution >= 4 is 39.1 Å². The molecule has 2 amide bonds. The van der Waals surface area contributed by atoms with Crippen molar-refractivity contribution in [2.45, 2.75) is 58.5 Å². The Hall–Kier alpha value is -3.36.